The Bertz CT molecular complexity index is 3400. The van der Waals surface area contributed by atoms with E-state index in [0.29, 0.717) is 7.35 Å². The monoisotopic (exact) mass is 1030 g/mol. The van der Waals surface area contributed by atoms with Gasteiger partial charge in [-0.1, -0.05) is 0 Å². The number of aryl methyl sites for hydroxylation is 6. The molecule has 2 aliphatic rings. The van der Waals surface area contributed by atoms with Gasteiger partial charge in [0.2, 0.25) is 0 Å². The minimum absolute atomic E-state index is 0.309. The molecule has 0 saturated heterocycles. The van der Waals surface area contributed by atoms with Gasteiger partial charge >= 0.3 is 404 Å². The number of hydrogen-bond donors (Lipinski definition) is 0. The Morgan fingerprint density at radius 3 is 0.985 bits per heavy atom. The van der Waals surface area contributed by atoms with Gasteiger partial charge in [-0.15, -0.1) is 0 Å². The number of hydrogen-bond acceptors (Lipinski definition) is 0. The van der Waals surface area contributed by atoms with Gasteiger partial charge in [-0.05, 0) is 0 Å². The van der Waals surface area contributed by atoms with E-state index in [1.165, 1.54) is 144 Å². The molecule has 0 amide bonds. The Balaban J connectivity index is 1.11. The summed E-state index contributed by atoms with van der Waals surface area (Å²) in [5.74, 6) is 0. The van der Waals surface area contributed by atoms with Crippen LogP contribution in [-0.4, -0.2) is 0 Å². The molecule has 0 bridgehead atoms. The molecule has 0 aromatic heterocycles. The Morgan fingerprint density at radius 2 is 0.612 bits per heavy atom. The van der Waals surface area contributed by atoms with Gasteiger partial charge in [0.15, 0.2) is 0 Å². The molecule has 2 aliphatic carbocycles. The van der Waals surface area contributed by atoms with E-state index < -0.39 is 20.0 Å². The van der Waals surface area contributed by atoms with Crippen molar-refractivity contribution in [1.29, 1.82) is 0 Å². The number of fused-ring (bicyclic) bond motifs is 8. The molecule has 0 N–H and O–H groups in total. The maximum atomic E-state index is 2.80. The Kier molecular flexibility index (Phi) is 9.93. The first-order valence-electron chi connectivity index (χ1n) is 24.1. The summed E-state index contributed by atoms with van der Waals surface area (Å²) in [7, 11) is 0. The second-order valence-electron chi connectivity index (χ2n) is 20.5. The van der Waals surface area contributed by atoms with Gasteiger partial charge in [0, 0.05) is 0 Å². The first-order valence-corrected chi connectivity index (χ1v) is 35.5. The van der Waals surface area contributed by atoms with Crippen molar-refractivity contribution in [3.63, 3.8) is 0 Å². The van der Waals surface area contributed by atoms with E-state index in [0.717, 1.165) is 0 Å². The van der Waals surface area contributed by atoms with Crippen molar-refractivity contribution >= 4 is 21.5 Å². The van der Waals surface area contributed by atoms with Gasteiger partial charge in [-0.2, -0.15) is 0 Å². The third kappa shape index (κ3) is 6.71. The molecule has 0 atom stereocenters. The van der Waals surface area contributed by atoms with Crippen molar-refractivity contribution in [1.82, 2.24) is 0 Å². The predicted octanol–water partition coefficient (Wildman–Crippen LogP) is 18.6. The summed E-state index contributed by atoms with van der Waals surface area (Å²) in [5.41, 5.74) is 30.4. The second-order valence-corrected chi connectivity index (χ2v) is 37.7. The summed E-state index contributed by atoms with van der Waals surface area (Å²) in [5, 5.41) is 5.18. The van der Waals surface area contributed by atoms with Crippen molar-refractivity contribution in [2.45, 2.75) is 58.3 Å². The van der Waals surface area contributed by atoms with Crippen molar-refractivity contribution < 1.29 is 20.0 Å². The third-order valence-corrected chi connectivity index (χ3v) is 30.8. The maximum absolute atomic E-state index is 3.85. The zero-order valence-corrected chi connectivity index (χ0v) is 43.6. The molecule has 0 nitrogen and oxygen atoms in total. The van der Waals surface area contributed by atoms with Crippen molar-refractivity contribution in [2.75, 3.05) is 0 Å². The number of benzene rings is 10. The molecule has 12 rings (SSSR count). The van der Waals surface area contributed by atoms with E-state index in [9.17, 15) is 0 Å². The summed E-state index contributed by atoms with van der Waals surface area (Å²) < 4.78 is 6.24. The summed E-state index contributed by atoms with van der Waals surface area (Å²) in [6.45, 7) is 13.6. The van der Waals surface area contributed by atoms with Crippen LogP contribution in [0.3, 0.4) is 0 Å². The minimum atomic E-state index is -3.85. The van der Waals surface area contributed by atoms with Gasteiger partial charge in [0.1, 0.15) is 0 Å². The molecule has 67 heavy (non-hydrogen) atoms. The van der Waals surface area contributed by atoms with Crippen LogP contribution in [0.1, 0.15) is 63.0 Å². The summed E-state index contributed by atoms with van der Waals surface area (Å²) >= 11 is -3.85. The van der Waals surface area contributed by atoms with Crippen LogP contribution in [0.4, 0.5) is 0 Å². The molecule has 0 radical (unpaired) electrons. The van der Waals surface area contributed by atoms with Gasteiger partial charge in [-0.3, -0.25) is 0 Å². The Labute approximate surface area is 401 Å². The third-order valence-electron chi connectivity index (χ3n) is 15.7. The fourth-order valence-corrected chi connectivity index (χ4v) is 29.3. The van der Waals surface area contributed by atoms with Gasteiger partial charge in [-0.25, -0.2) is 0 Å². The second kappa shape index (κ2) is 15.9. The fourth-order valence-electron chi connectivity index (χ4n) is 13.2. The normalized spacial score (nSPS) is 13.3. The molecule has 10 aromatic carbocycles. The molecule has 0 unspecified atom stereocenters. The van der Waals surface area contributed by atoms with E-state index in [1.807, 2.05) is 0 Å². The van der Waals surface area contributed by atoms with Crippen LogP contribution in [0, 0.1) is 41.5 Å². The Hall–Kier alpha value is -6.41. The average Bonchev–Trinajstić information content (AvgIpc) is 3.83. The molecule has 10 aromatic rings. The van der Waals surface area contributed by atoms with E-state index in [2.05, 4.69) is 233 Å². The topological polar surface area (TPSA) is 0 Å². The SMILES string of the molecule is Cc1cc(C)c(-c2ccc3c(c2)[CH]([Hf]([CH3])([CH3])[CH]2c4cc(-c5cccc6ccccc56)ccc4-c4ccc(-c5cccc6ccccc56)cc42)c2cc(-c4c(C)cc(C)cc4C)ccc2-3)c(C)c1. The molecular weight excluding hydrogens is 971 g/mol. The molecule has 0 spiro atoms. The molecular formula is C66H56Hf. The van der Waals surface area contributed by atoms with Crippen molar-refractivity contribution in [3.05, 3.63) is 238 Å². The zero-order valence-electron chi connectivity index (χ0n) is 40.0. The van der Waals surface area contributed by atoms with E-state index in [-0.39, 0.29) is 0 Å². The van der Waals surface area contributed by atoms with Gasteiger partial charge in [0.05, 0.1) is 0 Å². The molecule has 1 heteroatoms. The van der Waals surface area contributed by atoms with Crippen LogP contribution in [0.2, 0.25) is 9.36 Å². The van der Waals surface area contributed by atoms with E-state index >= 15 is 0 Å². The van der Waals surface area contributed by atoms with E-state index in [4.69, 9.17) is 0 Å². The molecule has 0 saturated carbocycles. The van der Waals surface area contributed by atoms with Crippen LogP contribution in [-0.2, 0) is 20.0 Å². The van der Waals surface area contributed by atoms with Crippen LogP contribution < -0.4 is 0 Å². The molecule has 0 heterocycles. The van der Waals surface area contributed by atoms with Crippen LogP contribution in [0.25, 0.3) is 88.3 Å². The van der Waals surface area contributed by atoms with Crippen LogP contribution in [0.15, 0.2) is 182 Å². The van der Waals surface area contributed by atoms with Crippen molar-refractivity contribution in [3.8, 4) is 66.8 Å². The average molecular weight is 1030 g/mol. The van der Waals surface area contributed by atoms with Crippen molar-refractivity contribution in [2.24, 2.45) is 0 Å². The fraction of sp³-hybridized carbons (Fsp3) is 0.152. The quantitative estimate of drug-likeness (QED) is 0.146. The summed E-state index contributed by atoms with van der Waals surface area (Å²) in [6.07, 6.45) is 0. The zero-order chi connectivity index (χ0) is 45.9. The van der Waals surface area contributed by atoms with Gasteiger partial charge in [0.25, 0.3) is 0 Å². The molecule has 0 aliphatic heterocycles. The standard InChI is InChI=1S/C33H21.C31H29.2CH3.Hf/c1-3-11-28-22(7-1)9-5-13-30(28)24-15-17-32-26(19-24)21-27-20-25(16-18-33(27)32)31-14-6-10-23-8-2-4-12-29(23)31;1-18-11-20(3)30(21(4)12-18)24-7-9-28-26(15-24)17-27-16-25(8-10-29(27)28)31-22(5)13-19(2)14-23(31)6;;;/h1-21H;7-17H,1-6H3;2*1H3;. The molecule has 0 fully saturated rings. The van der Waals surface area contributed by atoms with Gasteiger partial charge < -0.3 is 0 Å². The molecule has 324 valence electrons. The summed E-state index contributed by atoms with van der Waals surface area (Å²) in [6, 6.07) is 70.8. The summed E-state index contributed by atoms with van der Waals surface area (Å²) in [4.78, 5) is 0. The predicted molar refractivity (Wildman–Crippen MR) is 284 cm³/mol. The van der Waals surface area contributed by atoms with Crippen LogP contribution in [0.5, 0.6) is 0 Å². The first kappa shape index (κ1) is 42.0. The van der Waals surface area contributed by atoms with E-state index in [1.54, 1.807) is 0 Å². The van der Waals surface area contributed by atoms with Crippen LogP contribution >= 0.6 is 0 Å². The Morgan fingerprint density at radius 1 is 0.299 bits per heavy atom. The first-order chi connectivity index (χ1) is 32.4. The number of rotatable bonds is 6.